The molecule has 0 atom stereocenters. The SMILES string of the molecule is CC(C)Nc1cc(Nc2ccnc(-c3cnn(S(=O)(=O)C4CC4)c3)n2)ncc1C(=O)N1CC(CS(C)(=O)=O)C1. The molecule has 13 nitrogen and oxygen atoms in total. The van der Waals surface area contributed by atoms with Crippen molar-refractivity contribution in [2.75, 3.05) is 35.7 Å². The minimum atomic E-state index is -3.49. The van der Waals surface area contributed by atoms with E-state index in [2.05, 4.69) is 30.7 Å². The minimum Gasteiger partial charge on any atom is -0.382 e. The van der Waals surface area contributed by atoms with Crippen molar-refractivity contribution in [3.63, 3.8) is 0 Å². The molecule has 15 heteroatoms. The van der Waals surface area contributed by atoms with E-state index in [4.69, 9.17) is 0 Å². The predicted molar refractivity (Wildman–Crippen MR) is 146 cm³/mol. The van der Waals surface area contributed by atoms with Gasteiger partial charge in [0.1, 0.15) is 21.5 Å². The summed E-state index contributed by atoms with van der Waals surface area (Å²) in [6, 6.07) is 3.39. The van der Waals surface area contributed by atoms with E-state index in [0.717, 1.165) is 4.09 Å². The van der Waals surface area contributed by atoms with Crippen molar-refractivity contribution in [3.8, 4) is 11.4 Å². The Kier molecular flexibility index (Phi) is 7.05. The summed E-state index contributed by atoms with van der Waals surface area (Å²) in [6.45, 7) is 4.67. The molecule has 2 N–H and O–H groups in total. The molecule has 0 unspecified atom stereocenters. The summed E-state index contributed by atoms with van der Waals surface area (Å²) in [6.07, 6.45) is 8.32. The standard InChI is InChI=1S/C24H30N8O5S2/c1-15(2)28-20-8-22(26-10-19(20)24(33)31-11-16(12-31)14-38(3,34)35)29-21-6-7-25-23(30-21)17-9-27-32(13-17)39(36,37)18-4-5-18/h6-10,13,15-16,18H,4-5,11-12,14H2,1-3H3,(H2,25,26,28,29,30). The maximum Gasteiger partial charge on any atom is 0.257 e. The number of hydrogen-bond donors (Lipinski definition) is 2. The van der Waals surface area contributed by atoms with Crippen molar-refractivity contribution < 1.29 is 21.6 Å². The quantitative estimate of drug-likeness (QED) is 0.362. The van der Waals surface area contributed by atoms with Crippen molar-refractivity contribution in [2.45, 2.75) is 38.0 Å². The van der Waals surface area contributed by atoms with Crippen molar-refractivity contribution >= 4 is 43.1 Å². The zero-order valence-electron chi connectivity index (χ0n) is 21.8. The molecule has 0 aromatic carbocycles. The first-order chi connectivity index (χ1) is 18.4. The van der Waals surface area contributed by atoms with Crippen LogP contribution in [0.2, 0.25) is 0 Å². The van der Waals surface area contributed by atoms with Gasteiger partial charge in [-0.05, 0) is 32.8 Å². The van der Waals surface area contributed by atoms with Crippen LogP contribution in [0.4, 0.5) is 17.3 Å². The smallest absolute Gasteiger partial charge is 0.257 e. The fourth-order valence-corrected chi connectivity index (χ4v) is 6.88. The van der Waals surface area contributed by atoms with Gasteiger partial charge in [0.05, 0.1) is 40.2 Å². The second-order valence-corrected chi connectivity index (χ2v) is 14.6. The van der Waals surface area contributed by atoms with E-state index in [-0.39, 0.29) is 28.9 Å². The highest BCUT2D eigenvalue weighted by Crippen LogP contribution is 2.31. The lowest BCUT2D eigenvalue weighted by atomic mass is 10.0. The lowest BCUT2D eigenvalue weighted by Gasteiger charge is -2.39. The third-order valence-corrected chi connectivity index (χ3v) is 9.41. The predicted octanol–water partition coefficient (Wildman–Crippen LogP) is 1.76. The van der Waals surface area contributed by atoms with Crippen molar-refractivity contribution in [1.82, 2.24) is 29.0 Å². The number of aromatic nitrogens is 5. The highest BCUT2D eigenvalue weighted by molar-refractivity contribution is 7.90. The molecular weight excluding hydrogens is 544 g/mol. The molecule has 4 heterocycles. The third-order valence-electron chi connectivity index (χ3n) is 6.30. The maximum absolute atomic E-state index is 13.1. The van der Waals surface area contributed by atoms with Crippen LogP contribution in [0, 0.1) is 5.92 Å². The van der Waals surface area contributed by atoms with Gasteiger partial charge in [0, 0.05) is 49.8 Å². The number of nitrogens with zero attached hydrogens (tertiary/aromatic N) is 6. The Morgan fingerprint density at radius 1 is 1.10 bits per heavy atom. The highest BCUT2D eigenvalue weighted by atomic mass is 32.2. The molecule has 3 aromatic rings. The first-order valence-electron chi connectivity index (χ1n) is 12.5. The van der Waals surface area contributed by atoms with Crippen LogP contribution < -0.4 is 10.6 Å². The van der Waals surface area contributed by atoms with Gasteiger partial charge in [0.15, 0.2) is 5.82 Å². The lowest BCUT2D eigenvalue weighted by Crippen LogP contribution is -2.52. The molecule has 0 spiro atoms. The van der Waals surface area contributed by atoms with Crippen molar-refractivity contribution in [3.05, 3.63) is 42.5 Å². The number of anilines is 3. The van der Waals surface area contributed by atoms with Crippen LogP contribution in [-0.4, -0.2) is 88.2 Å². The van der Waals surface area contributed by atoms with Crippen LogP contribution in [0.25, 0.3) is 11.4 Å². The first-order valence-corrected chi connectivity index (χ1v) is 16.1. The van der Waals surface area contributed by atoms with Gasteiger partial charge in [0.25, 0.3) is 15.9 Å². The molecule has 208 valence electrons. The Bertz CT molecular complexity index is 1610. The molecule has 0 radical (unpaired) electrons. The Morgan fingerprint density at radius 2 is 1.85 bits per heavy atom. The molecular formula is C24H30N8O5S2. The summed E-state index contributed by atoms with van der Waals surface area (Å²) >= 11 is 0. The topological polar surface area (TPSA) is 169 Å². The number of likely N-dealkylation sites (tertiary alicyclic amines) is 1. The second kappa shape index (κ2) is 10.2. The summed E-state index contributed by atoms with van der Waals surface area (Å²) in [5.74, 6) is 0.936. The Hall–Kier alpha value is -3.59. The van der Waals surface area contributed by atoms with Crippen LogP contribution in [0.1, 0.15) is 37.0 Å². The van der Waals surface area contributed by atoms with Crippen LogP contribution in [0.3, 0.4) is 0 Å². The van der Waals surface area contributed by atoms with E-state index in [1.165, 1.54) is 24.8 Å². The zero-order valence-corrected chi connectivity index (χ0v) is 23.4. The van der Waals surface area contributed by atoms with E-state index in [9.17, 15) is 21.6 Å². The number of sulfone groups is 1. The minimum absolute atomic E-state index is 0.0373. The molecule has 1 aliphatic heterocycles. The van der Waals surface area contributed by atoms with E-state index in [0.29, 0.717) is 60.2 Å². The number of carbonyl (C=O) groups excluding carboxylic acids is 1. The number of nitrogens with one attached hydrogen (secondary N) is 2. The molecule has 0 bridgehead atoms. The Morgan fingerprint density at radius 3 is 2.51 bits per heavy atom. The van der Waals surface area contributed by atoms with Crippen LogP contribution >= 0.6 is 0 Å². The van der Waals surface area contributed by atoms with Gasteiger partial charge >= 0.3 is 0 Å². The van der Waals surface area contributed by atoms with Gasteiger partial charge in [-0.25, -0.2) is 31.8 Å². The number of carbonyl (C=O) groups is 1. The van der Waals surface area contributed by atoms with Crippen LogP contribution in [-0.2, 0) is 19.9 Å². The monoisotopic (exact) mass is 574 g/mol. The normalized spacial score (nSPS) is 16.3. The molecule has 1 aliphatic carbocycles. The molecule has 2 fully saturated rings. The van der Waals surface area contributed by atoms with Crippen molar-refractivity contribution in [1.29, 1.82) is 0 Å². The molecule has 1 amide bonds. The van der Waals surface area contributed by atoms with E-state index in [1.807, 2.05) is 13.8 Å². The number of hydrogen-bond acceptors (Lipinski definition) is 11. The number of rotatable bonds is 10. The molecule has 3 aromatic heterocycles. The number of amides is 1. The molecule has 39 heavy (non-hydrogen) atoms. The molecule has 1 saturated heterocycles. The first kappa shape index (κ1) is 27.0. The third kappa shape index (κ3) is 6.19. The van der Waals surface area contributed by atoms with Gasteiger partial charge in [-0.1, -0.05) is 0 Å². The van der Waals surface area contributed by atoms with Crippen LogP contribution in [0.15, 0.2) is 36.9 Å². The van der Waals surface area contributed by atoms with Crippen LogP contribution in [0.5, 0.6) is 0 Å². The summed E-state index contributed by atoms with van der Waals surface area (Å²) in [4.78, 5) is 27.9. The second-order valence-electron chi connectivity index (χ2n) is 10.3. The fourth-order valence-electron chi connectivity index (χ4n) is 4.34. The van der Waals surface area contributed by atoms with E-state index in [1.54, 1.807) is 23.2 Å². The average Bonchev–Trinajstić information content (AvgIpc) is 3.57. The summed E-state index contributed by atoms with van der Waals surface area (Å²) < 4.78 is 49.0. The lowest BCUT2D eigenvalue weighted by molar-refractivity contribution is 0.0535. The average molecular weight is 575 g/mol. The Balaban J connectivity index is 1.32. The van der Waals surface area contributed by atoms with E-state index >= 15 is 0 Å². The zero-order chi connectivity index (χ0) is 27.9. The summed E-state index contributed by atoms with van der Waals surface area (Å²) in [5.41, 5.74) is 1.43. The van der Waals surface area contributed by atoms with Gasteiger partial charge in [0.2, 0.25) is 0 Å². The molecule has 1 saturated carbocycles. The van der Waals surface area contributed by atoms with Gasteiger partial charge in [-0.15, -0.1) is 0 Å². The highest BCUT2D eigenvalue weighted by Gasteiger charge is 2.38. The fraction of sp³-hybridized carbons (Fsp3) is 0.458. The number of pyridine rings is 1. The van der Waals surface area contributed by atoms with Gasteiger partial charge < -0.3 is 15.5 Å². The van der Waals surface area contributed by atoms with Crippen molar-refractivity contribution in [2.24, 2.45) is 5.92 Å². The Labute approximate surface area is 227 Å². The van der Waals surface area contributed by atoms with Gasteiger partial charge in [-0.2, -0.15) is 9.19 Å². The van der Waals surface area contributed by atoms with Gasteiger partial charge in [-0.3, -0.25) is 4.79 Å². The summed E-state index contributed by atoms with van der Waals surface area (Å²) in [7, 11) is -6.59. The largest absolute Gasteiger partial charge is 0.382 e. The van der Waals surface area contributed by atoms with E-state index < -0.39 is 19.9 Å². The molecule has 5 rings (SSSR count). The molecule has 2 aliphatic rings. The summed E-state index contributed by atoms with van der Waals surface area (Å²) in [5, 5.41) is 10.00. The maximum atomic E-state index is 13.1.